The monoisotopic (exact) mass is 410 g/mol. The summed E-state index contributed by atoms with van der Waals surface area (Å²) in [6.07, 6.45) is 0.333. The molecule has 0 spiro atoms. The zero-order chi connectivity index (χ0) is 21.2. The average Bonchev–Trinajstić information content (AvgIpc) is 2.62. The van der Waals surface area contributed by atoms with Gasteiger partial charge in [-0.1, -0.05) is 12.1 Å². The lowest BCUT2D eigenvalue weighted by Gasteiger charge is -2.21. The highest BCUT2D eigenvalue weighted by atomic mass is 32.1. The topological polar surface area (TPSA) is 91.9 Å². The summed E-state index contributed by atoms with van der Waals surface area (Å²) in [5, 5.41) is 7.59. The third-order valence-corrected chi connectivity index (χ3v) is 3.85. The molecule has 0 heterocycles. The predicted octanol–water partition coefficient (Wildman–Crippen LogP) is 2.20. The molecular weight excluding hydrogens is 380 g/mol. The first-order valence-corrected chi connectivity index (χ1v) is 9.40. The maximum absolute atomic E-state index is 12.3. The zero-order valence-corrected chi connectivity index (χ0v) is 17.9. The van der Waals surface area contributed by atoms with Gasteiger partial charge in [0.15, 0.2) is 5.11 Å². The molecule has 0 fully saturated rings. The van der Waals surface area contributed by atoms with E-state index < -0.39 is 11.7 Å². The van der Waals surface area contributed by atoms with Gasteiger partial charge in [0, 0.05) is 39.4 Å². The van der Waals surface area contributed by atoms with Crippen LogP contribution < -0.4 is 16.1 Å². The molecule has 0 atom stereocenters. The number of nitrogens with zero attached hydrogens (tertiary/aromatic N) is 1. The molecule has 0 aliphatic heterocycles. The molecule has 1 aromatic rings. The van der Waals surface area contributed by atoms with Crippen LogP contribution in [0, 0.1) is 0 Å². The van der Waals surface area contributed by atoms with E-state index in [2.05, 4.69) is 16.1 Å². The fraction of sp³-hybridized carbons (Fsp3) is 0.526. The number of nitrogens with one attached hydrogen (secondary N) is 3. The second-order valence-electron chi connectivity index (χ2n) is 7.13. The maximum Gasteiger partial charge on any atom is 0.407 e. The maximum atomic E-state index is 12.3. The summed E-state index contributed by atoms with van der Waals surface area (Å²) in [7, 11) is 3.31. The highest BCUT2D eigenvalue weighted by molar-refractivity contribution is 7.80. The predicted molar refractivity (Wildman–Crippen MR) is 112 cm³/mol. The summed E-state index contributed by atoms with van der Waals surface area (Å²) in [5.41, 5.74) is 3.49. The van der Waals surface area contributed by atoms with E-state index in [0.29, 0.717) is 30.4 Å². The fourth-order valence-electron chi connectivity index (χ4n) is 2.06. The minimum absolute atomic E-state index is 0.282. The number of benzene rings is 1. The van der Waals surface area contributed by atoms with E-state index >= 15 is 0 Å². The molecule has 0 aromatic heterocycles. The molecular formula is C19H30N4O4S. The Labute approximate surface area is 171 Å². The Morgan fingerprint density at radius 2 is 1.79 bits per heavy atom. The van der Waals surface area contributed by atoms with Gasteiger partial charge < -0.3 is 20.1 Å². The molecule has 9 heteroatoms. The fourth-order valence-corrected chi connectivity index (χ4v) is 2.21. The van der Waals surface area contributed by atoms with Crippen LogP contribution in [0.4, 0.5) is 4.79 Å². The molecule has 2 amide bonds. The van der Waals surface area contributed by atoms with Gasteiger partial charge in [0.05, 0.1) is 0 Å². The normalized spacial score (nSPS) is 10.8. The van der Waals surface area contributed by atoms with E-state index in [-0.39, 0.29) is 5.91 Å². The van der Waals surface area contributed by atoms with Crippen molar-refractivity contribution in [1.29, 1.82) is 0 Å². The summed E-state index contributed by atoms with van der Waals surface area (Å²) in [4.78, 5) is 24.0. The summed E-state index contributed by atoms with van der Waals surface area (Å²) in [6.45, 7) is 7.02. The molecule has 28 heavy (non-hydrogen) atoms. The van der Waals surface area contributed by atoms with Crippen molar-refractivity contribution in [3.8, 4) is 0 Å². The number of thiocarbonyl (C=S) groups is 1. The van der Waals surface area contributed by atoms with E-state index in [1.807, 2.05) is 0 Å². The van der Waals surface area contributed by atoms with Gasteiger partial charge in [-0.05, 0) is 57.1 Å². The Morgan fingerprint density at radius 3 is 2.36 bits per heavy atom. The number of carbonyl (C=O) groups is 2. The summed E-state index contributed by atoms with van der Waals surface area (Å²) < 4.78 is 10.2. The molecule has 1 aromatic carbocycles. The van der Waals surface area contributed by atoms with E-state index in [1.54, 1.807) is 59.2 Å². The van der Waals surface area contributed by atoms with Gasteiger partial charge >= 0.3 is 6.09 Å². The quantitative estimate of drug-likeness (QED) is 0.361. The Hall–Kier alpha value is -2.39. The number of amides is 2. The van der Waals surface area contributed by atoms with Crippen molar-refractivity contribution >= 4 is 29.3 Å². The molecule has 0 saturated heterocycles. The first-order valence-electron chi connectivity index (χ1n) is 8.99. The summed E-state index contributed by atoms with van der Waals surface area (Å²) >= 11 is 5.22. The van der Waals surface area contributed by atoms with Crippen molar-refractivity contribution in [2.45, 2.75) is 39.3 Å². The van der Waals surface area contributed by atoms with Crippen molar-refractivity contribution in [3.63, 3.8) is 0 Å². The Balaban J connectivity index is 2.46. The van der Waals surface area contributed by atoms with Crippen molar-refractivity contribution in [1.82, 2.24) is 21.1 Å². The van der Waals surface area contributed by atoms with Gasteiger partial charge in [-0.2, -0.15) is 0 Å². The minimum Gasteiger partial charge on any atom is -0.444 e. The number of hydrogen-bond acceptors (Lipinski definition) is 5. The van der Waals surface area contributed by atoms with E-state index in [1.165, 1.54) is 5.01 Å². The molecule has 1 rings (SSSR count). The Bertz CT molecular complexity index is 659. The van der Waals surface area contributed by atoms with E-state index in [4.69, 9.17) is 21.7 Å². The number of carbonyl (C=O) groups excluding carboxylic acids is 2. The standard InChI is InChI=1S/C19H30N4O4S/c1-19(2,3)27-18(25)21-13-14-7-9-15(10-8-14)16(24)22-23(4)17(28)20-11-6-12-26-5/h7-10H,6,11-13H2,1-5H3,(H,20,28)(H,21,25)(H,22,24). The lowest BCUT2D eigenvalue weighted by molar-refractivity contribution is 0.0523. The molecule has 8 nitrogen and oxygen atoms in total. The van der Waals surface area contributed by atoms with E-state index in [9.17, 15) is 9.59 Å². The van der Waals surface area contributed by atoms with Crippen LogP contribution in [-0.4, -0.2) is 55.0 Å². The molecule has 0 saturated carbocycles. The number of alkyl carbamates (subject to hydrolysis) is 1. The number of hydrogen-bond donors (Lipinski definition) is 3. The number of methoxy groups -OCH3 is 1. The van der Waals surface area contributed by atoms with Crippen LogP contribution in [-0.2, 0) is 16.0 Å². The third kappa shape index (κ3) is 9.52. The molecule has 156 valence electrons. The first kappa shape index (κ1) is 23.6. The minimum atomic E-state index is -0.544. The van der Waals surface area contributed by atoms with Gasteiger partial charge in [-0.3, -0.25) is 15.2 Å². The van der Waals surface area contributed by atoms with Crippen LogP contribution in [0.15, 0.2) is 24.3 Å². The van der Waals surface area contributed by atoms with Crippen LogP contribution in [0.1, 0.15) is 43.1 Å². The van der Waals surface area contributed by atoms with Crippen LogP contribution in [0.3, 0.4) is 0 Å². The van der Waals surface area contributed by atoms with Crippen LogP contribution >= 0.6 is 12.2 Å². The Morgan fingerprint density at radius 1 is 1.14 bits per heavy atom. The molecule has 3 N–H and O–H groups in total. The third-order valence-electron chi connectivity index (χ3n) is 3.43. The highest BCUT2D eigenvalue weighted by Crippen LogP contribution is 2.08. The average molecular weight is 411 g/mol. The van der Waals surface area contributed by atoms with Gasteiger partial charge in [0.25, 0.3) is 5.91 Å². The molecule has 0 radical (unpaired) electrons. The SMILES string of the molecule is COCCCNC(=S)N(C)NC(=O)c1ccc(CNC(=O)OC(C)(C)C)cc1. The van der Waals surface area contributed by atoms with Crippen molar-refractivity contribution in [2.24, 2.45) is 0 Å². The zero-order valence-electron chi connectivity index (χ0n) is 17.1. The van der Waals surface area contributed by atoms with Crippen LogP contribution in [0.5, 0.6) is 0 Å². The number of rotatable bonds is 7. The highest BCUT2D eigenvalue weighted by Gasteiger charge is 2.16. The van der Waals surface area contributed by atoms with Gasteiger partial charge in [0.2, 0.25) is 0 Å². The van der Waals surface area contributed by atoms with E-state index in [0.717, 1.165) is 12.0 Å². The van der Waals surface area contributed by atoms with Crippen molar-refractivity contribution in [3.05, 3.63) is 35.4 Å². The second-order valence-corrected chi connectivity index (χ2v) is 7.52. The van der Waals surface area contributed by atoms with Crippen molar-refractivity contribution < 1.29 is 19.1 Å². The second kappa shape index (κ2) is 11.5. The number of ether oxygens (including phenoxy) is 2. The lowest BCUT2D eigenvalue weighted by Crippen LogP contribution is -2.48. The van der Waals surface area contributed by atoms with Crippen LogP contribution in [0.25, 0.3) is 0 Å². The smallest absolute Gasteiger partial charge is 0.407 e. The van der Waals surface area contributed by atoms with Crippen LogP contribution in [0.2, 0.25) is 0 Å². The summed E-state index contributed by atoms with van der Waals surface area (Å²) in [5.74, 6) is -0.282. The van der Waals surface area contributed by atoms with Gasteiger partial charge in [-0.15, -0.1) is 0 Å². The molecule has 0 aliphatic carbocycles. The van der Waals surface area contributed by atoms with Gasteiger partial charge in [-0.25, -0.2) is 4.79 Å². The number of hydrazine groups is 1. The van der Waals surface area contributed by atoms with Crippen molar-refractivity contribution in [2.75, 3.05) is 27.3 Å². The molecule has 0 bridgehead atoms. The largest absolute Gasteiger partial charge is 0.444 e. The molecule has 0 unspecified atom stereocenters. The first-order chi connectivity index (χ1) is 13.1. The van der Waals surface area contributed by atoms with Gasteiger partial charge in [0.1, 0.15) is 5.60 Å². The molecule has 0 aliphatic rings. The summed E-state index contributed by atoms with van der Waals surface area (Å²) in [6, 6.07) is 6.91. The Kier molecular flexibility index (Phi) is 9.67. The lowest BCUT2D eigenvalue weighted by atomic mass is 10.1.